The van der Waals surface area contributed by atoms with E-state index in [4.69, 9.17) is 17.3 Å². The summed E-state index contributed by atoms with van der Waals surface area (Å²) >= 11 is 7.24. The SMILES string of the molecule is NC1(C(=O)Cc2csc(Cl)c2)CCC1. The molecule has 0 atom stereocenters. The second-order valence-electron chi connectivity index (χ2n) is 3.87. The molecular formula is C10H12ClNOS. The largest absolute Gasteiger partial charge is 0.319 e. The first-order valence-corrected chi connectivity index (χ1v) is 5.91. The normalized spacial score (nSPS) is 19.0. The standard InChI is InChI=1S/C10H12ClNOS/c11-9-5-7(6-14-9)4-8(13)10(12)2-1-3-10/h5-6H,1-4,12H2. The number of hydrogen-bond donors (Lipinski definition) is 1. The van der Waals surface area contributed by atoms with Crippen molar-refractivity contribution in [2.75, 3.05) is 0 Å². The predicted octanol–water partition coefficient (Wildman–Crippen LogP) is 2.39. The minimum absolute atomic E-state index is 0.151. The molecule has 0 unspecified atom stereocenters. The molecule has 0 amide bonds. The summed E-state index contributed by atoms with van der Waals surface area (Å²) < 4.78 is 0.729. The van der Waals surface area contributed by atoms with Crippen LogP contribution in [0.1, 0.15) is 24.8 Å². The minimum atomic E-state index is -0.533. The van der Waals surface area contributed by atoms with E-state index in [9.17, 15) is 4.79 Å². The Morgan fingerprint density at radius 1 is 1.64 bits per heavy atom. The zero-order valence-corrected chi connectivity index (χ0v) is 9.33. The van der Waals surface area contributed by atoms with Crippen molar-refractivity contribution in [1.29, 1.82) is 0 Å². The van der Waals surface area contributed by atoms with Crippen LogP contribution >= 0.6 is 22.9 Å². The van der Waals surface area contributed by atoms with E-state index in [1.807, 2.05) is 11.4 Å². The summed E-state index contributed by atoms with van der Waals surface area (Å²) in [5.41, 5.74) is 6.38. The molecule has 0 aliphatic heterocycles. The summed E-state index contributed by atoms with van der Waals surface area (Å²) in [5.74, 6) is 0.151. The average Bonchev–Trinajstić information content (AvgIpc) is 2.47. The van der Waals surface area contributed by atoms with E-state index in [-0.39, 0.29) is 5.78 Å². The smallest absolute Gasteiger partial charge is 0.157 e. The molecule has 1 heterocycles. The molecule has 4 heteroatoms. The van der Waals surface area contributed by atoms with Crippen LogP contribution in [-0.2, 0) is 11.2 Å². The van der Waals surface area contributed by atoms with Gasteiger partial charge in [0.2, 0.25) is 0 Å². The number of carbonyl (C=O) groups is 1. The second-order valence-corrected chi connectivity index (χ2v) is 5.41. The molecule has 0 aromatic carbocycles. The Balaban J connectivity index is 2.01. The lowest BCUT2D eigenvalue weighted by Gasteiger charge is -2.36. The number of nitrogens with two attached hydrogens (primary N) is 1. The van der Waals surface area contributed by atoms with Crippen molar-refractivity contribution in [3.05, 3.63) is 21.3 Å². The highest BCUT2D eigenvalue weighted by Crippen LogP contribution is 2.31. The molecule has 2 rings (SSSR count). The van der Waals surface area contributed by atoms with Gasteiger partial charge in [-0.15, -0.1) is 11.3 Å². The zero-order chi connectivity index (χ0) is 10.2. The van der Waals surface area contributed by atoms with Gasteiger partial charge in [-0.25, -0.2) is 0 Å². The third-order valence-corrected chi connectivity index (χ3v) is 3.93. The van der Waals surface area contributed by atoms with E-state index in [0.29, 0.717) is 6.42 Å². The molecular weight excluding hydrogens is 218 g/mol. The second kappa shape index (κ2) is 3.65. The van der Waals surface area contributed by atoms with Crippen molar-refractivity contribution in [2.45, 2.75) is 31.2 Å². The first-order valence-electron chi connectivity index (χ1n) is 4.65. The minimum Gasteiger partial charge on any atom is -0.319 e. The summed E-state index contributed by atoms with van der Waals surface area (Å²) in [6, 6.07) is 1.84. The molecule has 1 aromatic heterocycles. The Hall–Kier alpha value is -0.380. The number of ketones is 1. The summed E-state index contributed by atoms with van der Waals surface area (Å²) in [7, 11) is 0. The number of rotatable bonds is 3. The Morgan fingerprint density at radius 3 is 2.79 bits per heavy atom. The Kier molecular flexibility index (Phi) is 2.64. The Labute approximate surface area is 92.1 Å². The van der Waals surface area contributed by atoms with Crippen LogP contribution in [-0.4, -0.2) is 11.3 Å². The molecule has 1 aliphatic rings. The fraction of sp³-hybridized carbons (Fsp3) is 0.500. The van der Waals surface area contributed by atoms with Crippen molar-refractivity contribution < 1.29 is 4.79 Å². The fourth-order valence-electron chi connectivity index (χ4n) is 1.64. The van der Waals surface area contributed by atoms with Crippen LogP contribution in [0.4, 0.5) is 0 Å². The number of halogens is 1. The van der Waals surface area contributed by atoms with Crippen molar-refractivity contribution in [2.24, 2.45) is 5.73 Å². The first kappa shape index (κ1) is 10.1. The van der Waals surface area contributed by atoms with Gasteiger partial charge in [0.15, 0.2) is 5.78 Å². The molecule has 1 aromatic rings. The van der Waals surface area contributed by atoms with Gasteiger partial charge >= 0.3 is 0 Å². The van der Waals surface area contributed by atoms with Crippen LogP contribution in [0.25, 0.3) is 0 Å². The van der Waals surface area contributed by atoms with E-state index in [1.54, 1.807) is 0 Å². The van der Waals surface area contributed by atoms with Gasteiger partial charge in [0, 0.05) is 6.42 Å². The predicted molar refractivity (Wildman–Crippen MR) is 58.8 cm³/mol. The Morgan fingerprint density at radius 2 is 2.36 bits per heavy atom. The summed E-state index contributed by atoms with van der Waals surface area (Å²) in [4.78, 5) is 11.8. The quantitative estimate of drug-likeness (QED) is 0.865. The van der Waals surface area contributed by atoms with Crippen LogP contribution in [0, 0.1) is 0 Å². The van der Waals surface area contributed by atoms with Crippen LogP contribution in [0.3, 0.4) is 0 Å². The molecule has 0 bridgehead atoms. The highest BCUT2D eigenvalue weighted by atomic mass is 35.5. The maximum atomic E-state index is 11.8. The summed E-state index contributed by atoms with van der Waals surface area (Å²) in [6.07, 6.45) is 3.18. The number of Topliss-reactive ketones (excluding diaryl/α,β-unsaturated/α-hetero) is 1. The van der Waals surface area contributed by atoms with Crippen molar-refractivity contribution in [3.8, 4) is 0 Å². The van der Waals surface area contributed by atoms with Crippen LogP contribution in [0.5, 0.6) is 0 Å². The molecule has 14 heavy (non-hydrogen) atoms. The summed E-state index contributed by atoms with van der Waals surface area (Å²) in [5, 5.41) is 1.92. The van der Waals surface area contributed by atoms with E-state index >= 15 is 0 Å². The van der Waals surface area contributed by atoms with Gasteiger partial charge in [-0.05, 0) is 36.3 Å². The van der Waals surface area contributed by atoms with E-state index in [2.05, 4.69) is 0 Å². The lowest BCUT2D eigenvalue weighted by molar-refractivity contribution is -0.126. The average molecular weight is 230 g/mol. The van der Waals surface area contributed by atoms with Crippen LogP contribution in [0.2, 0.25) is 4.34 Å². The maximum absolute atomic E-state index is 11.8. The number of carbonyl (C=O) groups excluding carboxylic acids is 1. The lowest BCUT2D eigenvalue weighted by atomic mass is 9.73. The molecule has 2 N–H and O–H groups in total. The molecule has 1 fully saturated rings. The first-order chi connectivity index (χ1) is 6.60. The van der Waals surface area contributed by atoms with Gasteiger partial charge in [-0.3, -0.25) is 4.79 Å². The molecule has 0 saturated heterocycles. The van der Waals surface area contributed by atoms with Crippen molar-refractivity contribution >= 4 is 28.7 Å². The van der Waals surface area contributed by atoms with Gasteiger partial charge in [0.1, 0.15) is 0 Å². The molecule has 76 valence electrons. The van der Waals surface area contributed by atoms with Gasteiger partial charge < -0.3 is 5.73 Å². The topological polar surface area (TPSA) is 43.1 Å². The molecule has 1 aliphatic carbocycles. The molecule has 2 nitrogen and oxygen atoms in total. The lowest BCUT2D eigenvalue weighted by Crippen LogP contribution is -2.54. The highest BCUT2D eigenvalue weighted by molar-refractivity contribution is 7.14. The number of thiophene rings is 1. The van der Waals surface area contributed by atoms with Crippen molar-refractivity contribution in [1.82, 2.24) is 0 Å². The van der Waals surface area contributed by atoms with Gasteiger partial charge in [-0.1, -0.05) is 11.6 Å². The van der Waals surface area contributed by atoms with E-state index in [0.717, 1.165) is 29.2 Å². The summed E-state index contributed by atoms with van der Waals surface area (Å²) in [6.45, 7) is 0. The third-order valence-electron chi connectivity index (χ3n) is 2.79. The molecule has 0 spiro atoms. The molecule has 1 saturated carbocycles. The third kappa shape index (κ3) is 1.85. The fourth-order valence-corrected chi connectivity index (χ4v) is 2.54. The van der Waals surface area contributed by atoms with Crippen LogP contribution in [0.15, 0.2) is 11.4 Å². The van der Waals surface area contributed by atoms with Gasteiger partial charge in [0.05, 0.1) is 9.88 Å². The van der Waals surface area contributed by atoms with E-state index < -0.39 is 5.54 Å². The zero-order valence-electron chi connectivity index (χ0n) is 7.75. The monoisotopic (exact) mass is 229 g/mol. The number of hydrogen-bond acceptors (Lipinski definition) is 3. The van der Waals surface area contributed by atoms with Gasteiger partial charge in [0.25, 0.3) is 0 Å². The van der Waals surface area contributed by atoms with Gasteiger partial charge in [-0.2, -0.15) is 0 Å². The Bertz CT molecular complexity index is 357. The van der Waals surface area contributed by atoms with Crippen molar-refractivity contribution in [3.63, 3.8) is 0 Å². The van der Waals surface area contributed by atoms with Crippen LogP contribution < -0.4 is 5.73 Å². The van der Waals surface area contributed by atoms with E-state index in [1.165, 1.54) is 11.3 Å². The molecule has 0 radical (unpaired) electrons. The highest BCUT2D eigenvalue weighted by Gasteiger charge is 2.39. The maximum Gasteiger partial charge on any atom is 0.157 e.